The summed E-state index contributed by atoms with van der Waals surface area (Å²) in [5.41, 5.74) is 1.13. The highest BCUT2D eigenvalue weighted by Crippen LogP contribution is 2.20. The molecule has 0 saturated carbocycles. The summed E-state index contributed by atoms with van der Waals surface area (Å²) in [4.78, 5) is 2.61. The average Bonchev–Trinajstić information content (AvgIpc) is 2.94. The molecule has 0 aliphatic carbocycles. The van der Waals surface area contributed by atoms with Crippen LogP contribution in [0.4, 0.5) is 0 Å². The van der Waals surface area contributed by atoms with E-state index in [1.807, 2.05) is 24.3 Å². The molecular weight excluding hydrogens is 282 g/mol. The number of methoxy groups -OCH3 is 1. The maximum Gasteiger partial charge on any atom is 0.122 e. The molecule has 1 aromatic heterocycles. The van der Waals surface area contributed by atoms with Gasteiger partial charge in [-0.05, 0) is 42.8 Å². The fraction of sp³-hybridized carbons (Fsp3) is 0.412. The van der Waals surface area contributed by atoms with Crippen LogP contribution in [0.15, 0.2) is 36.4 Å². The molecule has 2 aromatic rings. The molecule has 2 rings (SSSR count). The second-order valence-corrected chi connectivity index (χ2v) is 6.17. The fourth-order valence-corrected chi connectivity index (χ4v) is 2.93. The molecule has 0 aliphatic rings. The number of hydrogen-bond acceptors (Lipinski definition) is 4. The third-order valence-corrected chi connectivity index (χ3v) is 4.09. The van der Waals surface area contributed by atoms with Gasteiger partial charge in [0.15, 0.2) is 0 Å². The van der Waals surface area contributed by atoms with Crippen molar-refractivity contribution in [2.24, 2.45) is 0 Å². The van der Waals surface area contributed by atoms with Crippen LogP contribution in [0, 0.1) is 0 Å². The number of thiophene rings is 1. The molecule has 0 fully saturated rings. The fourth-order valence-electron chi connectivity index (χ4n) is 2.03. The van der Waals surface area contributed by atoms with Crippen LogP contribution in [0.5, 0.6) is 5.75 Å². The predicted octanol–water partition coefficient (Wildman–Crippen LogP) is 3.97. The zero-order chi connectivity index (χ0) is 14.9. The van der Waals surface area contributed by atoms with Crippen LogP contribution in [0.25, 0.3) is 0 Å². The highest BCUT2D eigenvalue weighted by atomic mass is 32.1. The van der Waals surface area contributed by atoms with E-state index >= 15 is 0 Å². The van der Waals surface area contributed by atoms with E-state index in [4.69, 9.17) is 9.47 Å². The topological polar surface area (TPSA) is 30.5 Å². The van der Waals surface area contributed by atoms with Gasteiger partial charge >= 0.3 is 0 Å². The van der Waals surface area contributed by atoms with Crippen molar-refractivity contribution >= 4 is 11.3 Å². The lowest BCUT2D eigenvalue weighted by atomic mass is 10.2. The smallest absolute Gasteiger partial charge is 0.122 e. The van der Waals surface area contributed by atoms with Crippen molar-refractivity contribution in [3.63, 3.8) is 0 Å². The maximum absolute atomic E-state index is 5.85. The zero-order valence-electron chi connectivity index (χ0n) is 12.7. The van der Waals surface area contributed by atoms with Crippen LogP contribution in [0.1, 0.15) is 28.7 Å². The standard InChI is InChI=1S/C17H23NO2S/c1-3-9-18-11-16-7-8-17(21-16)13-20-15-6-4-5-14(10-15)12-19-2/h4-8,10,18H,3,9,11-13H2,1-2H3. The lowest BCUT2D eigenvalue weighted by Gasteiger charge is -2.06. The van der Waals surface area contributed by atoms with Crippen LogP contribution >= 0.6 is 11.3 Å². The minimum Gasteiger partial charge on any atom is -0.488 e. The van der Waals surface area contributed by atoms with Gasteiger partial charge in [-0.2, -0.15) is 0 Å². The molecule has 1 heterocycles. The molecule has 1 aromatic carbocycles. The van der Waals surface area contributed by atoms with Gasteiger partial charge in [-0.1, -0.05) is 19.1 Å². The van der Waals surface area contributed by atoms with Crippen LogP contribution in [0.3, 0.4) is 0 Å². The maximum atomic E-state index is 5.85. The summed E-state index contributed by atoms with van der Waals surface area (Å²) in [6.45, 7) is 5.43. The summed E-state index contributed by atoms with van der Waals surface area (Å²) < 4.78 is 11.0. The van der Waals surface area contributed by atoms with Gasteiger partial charge in [0.2, 0.25) is 0 Å². The Kier molecular flexibility index (Phi) is 6.73. The summed E-state index contributed by atoms with van der Waals surface area (Å²) in [6, 6.07) is 12.4. The third kappa shape index (κ3) is 5.50. The van der Waals surface area contributed by atoms with Gasteiger partial charge < -0.3 is 14.8 Å². The Morgan fingerprint density at radius 2 is 1.95 bits per heavy atom. The predicted molar refractivity (Wildman–Crippen MR) is 87.8 cm³/mol. The second-order valence-electron chi connectivity index (χ2n) is 4.91. The van der Waals surface area contributed by atoms with E-state index in [1.165, 1.54) is 16.2 Å². The van der Waals surface area contributed by atoms with Gasteiger partial charge in [0.1, 0.15) is 12.4 Å². The number of benzene rings is 1. The van der Waals surface area contributed by atoms with E-state index in [0.29, 0.717) is 13.2 Å². The molecule has 0 atom stereocenters. The van der Waals surface area contributed by atoms with Crippen molar-refractivity contribution in [2.75, 3.05) is 13.7 Å². The molecule has 4 heteroatoms. The molecular formula is C17H23NO2S. The number of hydrogen-bond donors (Lipinski definition) is 1. The van der Waals surface area contributed by atoms with Gasteiger partial charge in [-0.3, -0.25) is 0 Å². The summed E-state index contributed by atoms with van der Waals surface area (Å²) in [5, 5.41) is 3.42. The number of rotatable bonds is 9. The van der Waals surface area contributed by atoms with E-state index in [-0.39, 0.29) is 0 Å². The first-order valence-electron chi connectivity index (χ1n) is 7.30. The molecule has 0 aliphatic heterocycles. The molecule has 1 N–H and O–H groups in total. The zero-order valence-corrected chi connectivity index (χ0v) is 13.5. The van der Waals surface area contributed by atoms with Gasteiger partial charge in [-0.25, -0.2) is 0 Å². The van der Waals surface area contributed by atoms with Crippen molar-refractivity contribution in [3.05, 3.63) is 51.7 Å². The molecule has 21 heavy (non-hydrogen) atoms. The SMILES string of the molecule is CCCNCc1ccc(COc2cccc(COC)c2)s1. The van der Waals surface area contributed by atoms with Crippen molar-refractivity contribution in [3.8, 4) is 5.75 Å². The summed E-state index contributed by atoms with van der Waals surface area (Å²) >= 11 is 1.80. The molecule has 0 radical (unpaired) electrons. The van der Waals surface area contributed by atoms with E-state index in [1.54, 1.807) is 18.4 Å². The van der Waals surface area contributed by atoms with E-state index in [0.717, 1.165) is 24.4 Å². The minimum atomic E-state index is 0.615. The van der Waals surface area contributed by atoms with Crippen molar-refractivity contribution in [1.82, 2.24) is 5.32 Å². The van der Waals surface area contributed by atoms with E-state index < -0.39 is 0 Å². The van der Waals surface area contributed by atoms with Crippen molar-refractivity contribution in [2.45, 2.75) is 33.1 Å². The number of nitrogens with one attached hydrogen (secondary N) is 1. The summed E-state index contributed by atoms with van der Waals surface area (Å²) in [5.74, 6) is 0.892. The normalized spacial score (nSPS) is 10.8. The first kappa shape index (κ1) is 16.0. The molecule has 0 saturated heterocycles. The Morgan fingerprint density at radius 1 is 1.10 bits per heavy atom. The average molecular weight is 305 g/mol. The third-order valence-electron chi connectivity index (χ3n) is 3.03. The Hall–Kier alpha value is -1.36. The van der Waals surface area contributed by atoms with Crippen LogP contribution < -0.4 is 10.1 Å². The Bertz CT molecular complexity index is 539. The first-order chi connectivity index (χ1) is 10.3. The Morgan fingerprint density at radius 3 is 2.76 bits per heavy atom. The molecule has 114 valence electrons. The lowest BCUT2D eigenvalue weighted by molar-refractivity contribution is 0.184. The van der Waals surface area contributed by atoms with Crippen LogP contribution in [-0.4, -0.2) is 13.7 Å². The highest BCUT2D eigenvalue weighted by Gasteiger charge is 2.02. The molecule has 0 amide bonds. The highest BCUT2D eigenvalue weighted by molar-refractivity contribution is 7.11. The lowest BCUT2D eigenvalue weighted by Crippen LogP contribution is -2.12. The van der Waals surface area contributed by atoms with E-state index in [9.17, 15) is 0 Å². The quantitative estimate of drug-likeness (QED) is 0.711. The summed E-state index contributed by atoms with van der Waals surface area (Å²) in [7, 11) is 1.70. The van der Waals surface area contributed by atoms with Crippen LogP contribution in [-0.2, 0) is 24.5 Å². The van der Waals surface area contributed by atoms with Crippen molar-refractivity contribution < 1.29 is 9.47 Å². The minimum absolute atomic E-state index is 0.615. The number of ether oxygens (including phenoxy) is 2. The van der Waals surface area contributed by atoms with E-state index in [2.05, 4.69) is 24.4 Å². The Balaban J connectivity index is 1.83. The monoisotopic (exact) mass is 305 g/mol. The second kappa shape index (κ2) is 8.82. The van der Waals surface area contributed by atoms with Crippen molar-refractivity contribution in [1.29, 1.82) is 0 Å². The molecule has 0 bridgehead atoms. The summed E-state index contributed by atoms with van der Waals surface area (Å²) in [6.07, 6.45) is 1.17. The largest absolute Gasteiger partial charge is 0.488 e. The van der Waals surface area contributed by atoms with Gasteiger partial charge in [-0.15, -0.1) is 11.3 Å². The van der Waals surface area contributed by atoms with Gasteiger partial charge in [0.05, 0.1) is 6.61 Å². The molecule has 3 nitrogen and oxygen atoms in total. The first-order valence-corrected chi connectivity index (χ1v) is 8.12. The molecule has 0 unspecified atom stereocenters. The van der Waals surface area contributed by atoms with Gasteiger partial charge in [0.25, 0.3) is 0 Å². The molecule has 0 spiro atoms. The van der Waals surface area contributed by atoms with Crippen LogP contribution in [0.2, 0.25) is 0 Å². The Labute approximate surface area is 130 Å². The van der Waals surface area contributed by atoms with Gasteiger partial charge in [0, 0.05) is 23.4 Å².